The van der Waals surface area contributed by atoms with E-state index < -0.39 is 0 Å². The van der Waals surface area contributed by atoms with Crippen molar-refractivity contribution in [2.75, 3.05) is 37.0 Å². The number of para-hydroxylation sites is 2. The molecule has 0 unspecified atom stereocenters. The number of nitrogens with zero attached hydrogens (tertiary/aromatic N) is 3. The molecule has 0 aliphatic carbocycles. The Balaban J connectivity index is 1.37. The molecule has 1 saturated heterocycles. The third-order valence-electron chi connectivity index (χ3n) is 5.84. The number of likely N-dealkylation sites (tertiary alicyclic amines) is 1. The Labute approximate surface area is 169 Å². The van der Waals surface area contributed by atoms with Crippen LogP contribution in [0.2, 0.25) is 0 Å². The fourth-order valence-corrected chi connectivity index (χ4v) is 4.17. The predicted octanol–water partition coefficient (Wildman–Crippen LogP) is 2.46. The summed E-state index contributed by atoms with van der Waals surface area (Å²) in [5.41, 5.74) is 1.70. The van der Waals surface area contributed by atoms with Crippen molar-refractivity contribution in [1.82, 2.24) is 10.1 Å². The Morgan fingerprint density at radius 2 is 2.03 bits per heavy atom. The van der Waals surface area contributed by atoms with Crippen LogP contribution in [0, 0.1) is 0 Å². The molecule has 1 aromatic carbocycles. The van der Waals surface area contributed by atoms with Crippen molar-refractivity contribution in [2.24, 2.45) is 0 Å². The lowest BCUT2D eigenvalue weighted by Crippen LogP contribution is -2.59. The van der Waals surface area contributed by atoms with Crippen molar-refractivity contribution in [2.45, 2.75) is 38.1 Å². The van der Waals surface area contributed by atoms with Gasteiger partial charge < -0.3 is 24.4 Å². The lowest BCUT2D eigenvalue weighted by atomic mass is 9.84. The lowest BCUT2D eigenvalue weighted by molar-refractivity contribution is -0.132. The number of ether oxygens (including phenoxy) is 1. The molecule has 4 rings (SSSR count). The van der Waals surface area contributed by atoms with Gasteiger partial charge in [0.25, 0.3) is 5.88 Å². The number of carbonyl (C=O) groups excluding carboxylic acids is 2. The van der Waals surface area contributed by atoms with Gasteiger partial charge in [-0.1, -0.05) is 12.1 Å². The number of anilines is 2. The molecule has 0 saturated carbocycles. The highest BCUT2D eigenvalue weighted by Crippen LogP contribution is 2.39. The van der Waals surface area contributed by atoms with Crippen LogP contribution in [0.15, 0.2) is 34.9 Å². The van der Waals surface area contributed by atoms with E-state index in [1.165, 1.54) is 7.11 Å². The summed E-state index contributed by atoms with van der Waals surface area (Å²) in [5, 5.41) is 7.41. The van der Waals surface area contributed by atoms with Gasteiger partial charge in [-0.25, -0.2) is 0 Å². The minimum Gasteiger partial charge on any atom is -0.479 e. The minimum atomic E-state index is -0.199. The van der Waals surface area contributed by atoms with Gasteiger partial charge in [0.15, 0.2) is 0 Å². The summed E-state index contributed by atoms with van der Waals surface area (Å²) in [6.07, 6.45) is 2.47. The third kappa shape index (κ3) is 3.92. The van der Waals surface area contributed by atoms with Crippen molar-refractivity contribution in [3.05, 3.63) is 36.1 Å². The Morgan fingerprint density at radius 1 is 1.28 bits per heavy atom. The summed E-state index contributed by atoms with van der Waals surface area (Å²) in [4.78, 5) is 28.6. The molecule has 1 fully saturated rings. The Morgan fingerprint density at radius 3 is 2.72 bits per heavy atom. The molecule has 3 heterocycles. The molecule has 1 N–H and O–H groups in total. The maximum Gasteiger partial charge on any atom is 0.254 e. The van der Waals surface area contributed by atoms with Crippen LogP contribution in [0.25, 0.3) is 0 Å². The van der Waals surface area contributed by atoms with Gasteiger partial charge in [-0.3, -0.25) is 9.59 Å². The second-order valence-electron chi connectivity index (χ2n) is 7.74. The Hall–Kier alpha value is -3.03. The molecule has 2 amide bonds. The van der Waals surface area contributed by atoms with Crippen LogP contribution in [-0.2, 0) is 16.0 Å². The number of aryl methyl sites for hydroxylation is 1. The first-order valence-corrected chi connectivity index (χ1v) is 9.92. The van der Waals surface area contributed by atoms with Gasteiger partial charge in [-0.2, -0.15) is 0 Å². The largest absolute Gasteiger partial charge is 0.479 e. The molecule has 0 radical (unpaired) electrons. The standard InChI is InChI=1S/C21H26N4O4/c1-15(26)25-14-21(22-17-5-3-4-6-18(17)25)9-11-24(12-10-21)20(27)8-7-16-13-19(28-2)23-29-16/h3-6,13,22H,7-12,14H2,1-2H3. The number of amides is 2. The first kappa shape index (κ1) is 19.3. The molecule has 154 valence electrons. The van der Waals surface area contributed by atoms with Crippen molar-refractivity contribution in [3.8, 4) is 5.88 Å². The molecule has 8 nitrogen and oxygen atoms in total. The first-order chi connectivity index (χ1) is 14.0. The monoisotopic (exact) mass is 398 g/mol. The van der Waals surface area contributed by atoms with E-state index in [1.807, 2.05) is 34.1 Å². The quantitative estimate of drug-likeness (QED) is 0.851. The smallest absolute Gasteiger partial charge is 0.254 e. The van der Waals surface area contributed by atoms with Crippen molar-refractivity contribution in [3.63, 3.8) is 0 Å². The summed E-state index contributed by atoms with van der Waals surface area (Å²) in [6, 6.07) is 9.60. The molecule has 0 atom stereocenters. The number of benzene rings is 1. The fourth-order valence-electron chi connectivity index (χ4n) is 4.17. The highest BCUT2D eigenvalue weighted by molar-refractivity contribution is 5.96. The molecular weight excluding hydrogens is 372 g/mol. The minimum absolute atomic E-state index is 0.0410. The molecule has 2 aromatic rings. The van der Waals surface area contributed by atoms with Gasteiger partial charge in [0.2, 0.25) is 11.8 Å². The SMILES string of the molecule is COc1cc(CCC(=O)N2CCC3(CC2)CN(C(C)=O)c2ccccc2N3)on1. The summed E-state index contributed by atoms with van der Waals surface area (Å²) >= 11 is 0. The van der Waals surface area contributed by atoms with E-state index in [9.17, 15) is 9.59 Å². The summed E-state index contributed by atoms with van der Waals surface area (Å²) in [6.45, 7) is 3.56. The lowest BCUT2D eigenvalue weighted by Gasteiger charge is -2.49. The molecule has 0 bridgehead atoms. The number of rotatable bonds is 4. The number of hydrogen-bond donors (Lipinski definition) is 1. The van der Waals surface area contributed by atoms with Crippen molar-refractivity contribution >= 4 is 23.2 Å². The molecule has 29 heavy (non-hydrogen) atoms. The van der Waals surface area contributed by atoms with E-state index in [0.29, 0.717) is 44.1 Å². The van der Waals surface area contributed by atoms with E-state index in [2.05, 4.69) is 10.5 Å². The Kier molecular flexibility index (Phi) is 5.17. The maximum absolute atomic E-state index is 12.6. The van der Waals surface area contributed by atoms with E-state index in [0.717, 1.165) is 24.2 Å². The average Bonchev–Trinajstić information content (AvgIpc) is 3.20. The summed E-state index contributed by atoms with van der Waals surface area (Å²) < 4.78 is 10.2. The zero-order chi connectivity index (χ0) is 20.4. The van der Waals surface area contributed by atoms with Gasteiger partial charge in [0, 0.05) is 45.5 Å². The number of carbonyl (C=O) groups is 2. The van der Waals surface area contributed by atoms with Gasteiger partial charge in [-0.15, -0.1) is 0 Å². The fraction of sp³-hybridized carbons (Fsp3) is 0.476. The molecule has 1 aromatic heterocycles. The van der Waals surface area contributed by atoms with Crippen LogP contribution < -0.4 is 15.0 Å². The maximum atomic E-state index is 12.6. The summed E-state index contributed by atoms with van der Waals surface area (Å²) in [5.74, 6) is 1.21. The first-order valence-electron chi connectivity index (χ1n) is 9.92. The Bertz CT molecular complexity index is 902. The number of nitrogens with one attached hydrogen (secondary N) is 1. The van der Waals surface area contributed by atoms with Crippen LogP contribution >= 0.6 is 0 Å². The number of fused-ring (bicyclic) bond motifs is 1. The normalized spacial score (nSPS) is 17.6. The highest BCUT2D eigenvalue weighted by atomic mass is 16.5. The zero-order valence-electron chi connectivity index (χ0n) is 16.8. The predicted molar refractivity (Wildman–Crippen MR) is 108 cm³/mol. The second kappa shape index (κ2) is 7.77. The number of methoxy groups -OCH3 is 1. The van der Waals surface area contributed by atoms with Gasteiger partial charge in [0.05, 0.1) is 24.0 Å². The van der Waals surface area contributed by atoms with E-state index in [-0.39, 0.29) is 17.4 Å². The molecule has 1 spiro atoms. The van der Waals surface area contributed by atoms with Gasteiger partial charge in [0.1, 0.15) is 5.76 Å². The average molecular weight is 398 g/mol. The number of piperidine rings is 1. The van der Waals surface area contributed by atoms with Gasteiger partial charge in [-0.05, 0) is 30.1 Å². The second-order valence-corrected chi connectivity index (χ2v) is 7.74. The zero-order valence-corrected chi connectivity index (χ0v) is 16.8. The molecular formula is C21H26N4O4. The van der Waals surface area contributed by atoms with Crippen LogP contribution in [0.1, 0.15) is 31.9 Å². The number of aromatic nitrogens is 1. The molecule has 8 heteroatoms. The van der Waals surface area contributed by atoms with Crippen LogP contribution in [-0.4, -0.2) is 54.2 Å². The van der Waals surface area contributed by atoms with Crippen molar-refractivity contribution < 1.29 is 18.8 Å². The topological polar surface area (TPSA) is 87.9 Å². The molecule has 2 aliphatic rings. The van der Waals surface area contributed by atoms with Crippen LogP contribution in [0.3, 0.4) is 0 Å². The van der Waals surface area contributed by atoms with E-state index in [4.69, 9.17) is 9.26 Å². The number of hydrogen-bond acceptors (Lipinski definition) is 6. The van der Waals surface area contributed by atoms with Crippen LogP contribution in [0.4, 0.5) is 11.4 Å². The summed E-state index contributed by atoms with van der Waals surface area (Å²) in [7, 11) is 1.53. The third-order valence-corrected chi connectivity index (χ3v) is 5.84. The highest BCUT2D eigenvalue weighted by Gasteiger charge is 2.41. The van der Waals surface area contributed by atoms with E-state index in [1.54, 1.807) is 13.0 Å². The van der Waals surface area contributed by atoms with E-state index >= 15 is 0 Å². The van der Waals surface area contributed by atoms with Crippen LogP contribution in [0.5, 0.6) is 5.88 Å². The molecule has 2 aliphatic heterocycles. The van der Waals surface area contributed by atoms with Crippen molar-refractivity contribution in [1.29, 1.82) is 0 Å². The van der Waals surface area contributed by atoms with Gasteiger partial charge >= 0.3 is 0 Å².